The minimum absolute atomic E-state index is 0.0470. The highest BCUT2D eigenvalue weighted by molar-refractivity contribution is 5.89. The predicted octanol–water partition coefficient (Wildman–Crippen LogP) is 2.89. The van der Waals surface area contributed by atoms with E-state index in [1.165, 1.54) is 6.07 Å². The number of halogens is 2. The van der Waals surface area contributed by atoms with Gasteiger partial charge in [-0.1, -0.05) is 0 Å². The van der Waals surface area contributed by atoms with Crippen molar-refractivity contribution in [2.45, 2.75) is 12.8 Å². The highest BCUT2D eigenvalue weighted by atomic mass is 19.2. The molecule has 0 atom stereocenters. The van der Waals surface area contributed by atoms with Crippen molar-refractivity contribution in [1.29, 1.82) is 0 Å². The summed E-state index contributed by atoms with van der Waals surface area (Å²) in [6.45, 7) is 4.91. The van der Waals surface area contributed by atoms with Crippen LogP contribution in [0, 0.1) is 17.6 Å². The lowest BCUT2D eigenvalue weighted by Gasteiger charge is -2.37. The van der Waals surface area contributed by atoms with Gasteiger partial charge in [0.05, 0.1) is 5.52 Å². The van der Waals surface area contributed by atoms with Crippen molar-refractivity contribution in [3.05, 3.63) is 42.1 Å². The van der Waals surface area contributed by atoms with Crippen LogP contribution in [0.4, 0.5) is 14.6 Å². The topological polar surface area (TPSA) is 68.4 Å². The largest absolute Gasteiger partial charge is 0.355 e. The number of aromatic nitrogens is 3. The van der Waals surface area contributed by atoms with Crippen LogP contribution in [0.5, 0.6) is 0 Å². The fourth-order valence-electron chi connectivity index (χ4n) is 4.56. The lowest BCUT2D eigenvalue weighted by Crippen LogP contribution is -2.50. The van der Waals surface area contributed by atoms with Gasteiger partial charge in [-0.05, 0) is 44.2 Å². The van der Waals surface area contributed by atoms with E-state index in [-0.39, 0.29) is 11.8 Å². The van der Waals surface area contributed by atoms with Gasteiger partial charge in [-0.25, -0.2) is 18.7 Å². The van der Waals surface area contributed by atoms with Crippen LogP contribution in [0.25, 0.3) is 22.4 Å². The van der Waals surface area contributed by atoms with Gasteiger partial charge in [0.15, 0.2) is 17.5 Å². The number of fused-ring (bicyclic) bond motifs is 1. The number of hydrogen-bond acceptors (Lipinski definition) is 5. The summed E-state index contributed by atoms with van der Waals surface area (Å²) in [4.78, 5) is 31.7. The van der Waals surface area contributed by atoms with E-state index < -0.39 is 11.6 Å². The molecular weight excluding hydrogens is 414 g/mol. The van der Waals surface area contributed by atoms with Crippen molar-refractivity contribution in [2.75, 3.05) is 51.2 Å². The first-order chi connectivity index (χ1) is 15.5. The number of carbonyl (C=O) groups excluding carboxylic acids is 1. The minimum Gasteiger partial charge on any atom is -0.355 e. The van der Waals surface area contributed by atoms with Gasteiger partial charge in [0, 0.05) is 56.9 Å². The van der Waals surface area contributed by atoms with Gasteiger partial charge >= 0.3 is 0 Å². The molecule has 0 unspecified atom stereocenters. The van der Waals surface area contributed by atoms with Crippen LogP contribution in [0.1, 0.15) is 12.8 Å². The van der Waals surface area contributed by atoms with Crippen molar-refractivity contribution >= 4 is 22.8 Å². The first-order valence-corrected chi connectivity index (χ1v) is 11.0. The molecule has 2 aliphatic rings. The number of benzene rings is 1. The smallest absolute Gasteiger partial charge is 0.225 e. The van der Waals surface area contributed by atoms with E-state index >= 15 is 0 Å². The molecule has 7 nitrogen and oxygen atoms in total. The molecule has 1 amide bonds. The molecule has 0 aliphatic carbocycles. The lowest BCUT2D eigenvalue weighted by atomic mass is 9.95. The van der Waals surface area contributed by atoms with Crippen LogP contribution >= 0.6 is 0 Å². The van der Waals surface area contributed by atoms with Crippen LogP contribution in [0.2, 0.25) is 0 Å². The predicted molar refractivity (Wildman–Crippen MR) is 118 cm³/mol. The molecule has 0 bridgehead atoms. The van der Waals surface area contributed by atoms with E-state index in [4.69, 9.17) is 0 Å². The number of likely N-dealkylation sites (N-methyl/N-ethyl adjacent to an activating group) is 1. The molecular formula is C23H26F2N6O. The summed E-state index contributed by atoms with van der Waals surface area (Å²) in [7, 11) is 2.08. The van der Waals surface area contributed by atoms with Gasteiger partial charge in [0.2, 0.25) is 5.91 Å². The third kappa shape index (κ3) is 3.92. The monoisotopic (exact) mass is 440 g/mol. The summed E-state index contributed by atoms with van der Waals surface area (Å²) in [5.74, 6) is -0.268. The fourth-order valence-corrected chi connectivity index (χ4v) is 4.56. The molecule has 0 radical (unpaired) electrons. The third-order valence-corrected chi connectivity index (χ3v) is 6.53. The lowest BCUT2D eigenvalue weighted by molar-refractivity contribution is -0.137. The molecule has 4 heterocycles. The molecule has 5 rings (SSSR count). The highest BCUT2D eigenvalue weighted by Crippen LogP contribution is 2.30. The number of nitrogens with zero attached hydrogens (tertiary/aromatic N) is 5. The Morgan fingerprint density at radius 3 is 2.50 bits per heavy atom. The number of anilines is 1. The average Bonchev–Trinajstić information content (AvgIpc) is 3.25. The van der Waals surface area contributed by atoms with Crippen molar-refractivity contribution < 1.29 is 13.6 Å². The quantitative estimate of drug-likeness (QED) is 0.678. The number of aromatic amines is 1. The Balaban J connectivity index is 1.32. The summed E-state index contributed by atoms with van der Waals surface area (Å²) in [5.41, 5.74) is 1.95. The van der Waals surface area contributed by atoms with E-state index in [1.54, 1.807) is 6.20 Å². The number of piperidine rings is 1. The van der Waals surface area contributed by atoms with Crippen LogP contribution < -0.4 is 4.90 Å². The van der Waals surface area contributed by atoms with Gasteiger partial charge in [-0.15, -0.1) is 0 Å². The van der Waals surface area contributed by atoms with Crippen molar-refractivity contribution in [2.24, 2.45) is 5.92 Å². The molecule has 32 heavy (non-hydrogen) atoms. The van der Waals surface area contributed by atoms with Gasteiger partial charge in [0.25, 0.3) is 0 Å². The van der Waals surface area contributed by atoms with E-state index in [0.717, 1.165) is 75.6 Å². The number of rotatable bonds is 3. The molecule has 0 saturated carbocycles. The standard InChI is InChI=1S/C23H26F2N6O/c1-29-10-12-31(13-11-29)23(32)15-5-8-30(9-6-15)22-20-19(4-7-26-22)27-21(28-20)16-2-3-17(24)18(25)14-16/h2-4,7,14-15H,5-6,8-13H2,1H3,(H,27,28). The first-order valence-electron chi connectivity index (χ1n) is 11.0. The molecule has 2 aliphatic heterocycles. The van der Waals surface area contributed by atoms with E-state index in [2.05, 4.69) is 31.8 Å². The fraction of sp³-hybridized carbons (Fsp3) is 0.435. The third-order valence-electron chi connectivity index (χ3n) is 6.53. The molecule has 2 aromatic heterocycles. The molecule has 0 spiro atoms. The molecule has 2 fully saturated rings. The zero-order chi connectivity index (χ0) is 22.2. The number of nitrogens with one attached hydrogen (secondary N) is 1. The van der Waals surface area contributed by atoms with Crippen LogP contribution in [-0.2, 0) is 4.79 Å². The summed E-state index contributed by atoms with van der Waals surface area (Å²) in [5, 5.41) is 0. The second kappa shape index (κ2) is 8.46. The van der Waals surface area contributed by atoms with Gasteiger partial charge in [0.1, 0.15) is 11.3 Å². The average molecular weight is 440 g/mol. The number of carbonyl (C=O) groups is 1. The Morgan fingerprint density at radius 2 is 1.78 bits per heavy atom. The normalized spacial score (nSPS) is 18.5. The maximum Gasteiger partial charge on any atom is 0.225 e. The van der Waals surface area contributed by atoms with Crippen molar-refractivity contribution in [1.82, 2.24) is 24.8 Å². The number of piperazine rings is 1. The summed E-state index contributed by atoms with van der Waals surface area (Å²) in [6.07, 6.45) is 3.28. The van der Waals surface area contributed by atoms with Crippen molar-refractivity contribution in [3.63, 3.8) is 0 Å². The summed E-state index contributed by atoms with van der Waals surface area (Å²) < 4.78 is 27.0. The maximum atomic E-state index is 13.7. The van der Waals surface area contributed by atoms with Gasteiger partial charge < -0.3 is 19.7 Å². The number of pyridine rings is 1. The maximum absolute atomic E-state index is 13.7. The first kappa shape index (κ1) is 20.8. The van der Waals surface area contributed by atoms with Crippen LogP contribution in [0.3, 0.4) is 0 Å². The Morgan fingerprint density at radius 1 is 1.03 bits per heavy atom. The molecule has 3 aromatic rings. The van der Waals surface area contributed by atoms with E-state index in [1.807, 2.05) is 11.0 Å². The number of hydrogen-bond donors (Lipinski definition) is 1. The van der Waals surface area contributed by atoms with Crippen LogP contribution in [-0.4, -0.2) is 77.0 Å². The molecule has 1 aromatic carbocycles. The van der Waals surface area contributed by atoms with Crippen LogP contribution in [0.15, 0.2) is 30.5 Å². The number of H-pyrrole nitrogens is 1. The molecule has 1 N–H and O–H groups in total. The second-order valence-electron chi connectivity index (χ2n) is 8.63. The highest BCUT2D eigenvalue weighted by Gasteiger charge is 2.31. The van der Waals surface area contributed by atoms with E-state index in [9.17, 15) is 13.6 Å². The number of amides is 1. The summed E-state index contributed by atoms with van der Waals surface area (Å²) >= 11 is 0. The van der Waals surface area contributed by atoms with Gasteiger partial charge in [-0.3, -0.25) is 4.79 Å². The van der Waals surface area contributed by atoms with Crippen molar-refractivity contribution in [3.8, 4) is 11.4 Å². The van der Waals surface area contributed by atoms with Gasteiger partial charge in [-0.2, -0.15) is 0 Å². The van der Waals surface area contributed by atoms with E-state index in [0.29, 0.717) is 16.9 Å². The zero-order valence-electron chi connectivity index (χ0n) is 18.0. The second-order valence-corrected chi connectivity index (χ2v) is 8.63. The molecule has 2 saturated heterocycles. The Kier molecular flexibility index (Phi) is 5.50. The zero-order valence-corrected chi connectivity index (χ0v) is 18.0. The Bertz CT molecular complexity index is 1130. The molecule has 168 valence electrons. The summed E-state index contributed by atoms with van der Waals surface area (Å²) in [6, 6.07) is 5.55. The SMILES string of the molecule is CN1CCN(C(=O)C2CCN(c3nccc4[nH]c(-c5ccc(F)c(F)c5)nc34)CC2)CC1. The molecule has 9 heteroatoms. The Labute approximate surface area is 185 Å². The minimum atomic E-state index is -0.909. The number of imidazole rings is 1. The Hall–Kier alpha value is -3.07.